The highest BCUT2D eigenvalue weighted by atomic mass is 35.5. The smallest absolute Gasteiger partial charge is 0.303 e. The van der Waals surface area contributed by atoms with Crippen molar-refractivity contribution in [1.82, 2.24) is 0 Å². The minimum Gasteiger partial charge on any atom is -0.481 e. The van der Waals surface area contributed by atoms with Crippen LogP contribution in [-0.2, 0) is 22.4 Å². The Kier molecular flexibility index (Phi) is 5.98. The summed E-state index contributed by atoms with van der Waals surface area (Å²) in [7, 11) is 0. The molecule has 2 rings (SSSR count). The molecule has 2 N–H and O–H groups in total. The van der Waals surface area contributed by atoms with Crippen molar-refractivity contribution in [2.75, 3.05) is 5.32 Å². The van der Waals surface area contributed by atoms with E-state index in [0.717, 1.165) is 10.4 Å². The van der Waals surface area contributed by atoms with Crippen molar-refractivity contribution >= 4 is 40.5 Å². The molecule has 0 spiro atoms. The minimum atomic E-state index is -0.814. The summed E-state index contributed by atoms with van der Waals surface area (Å²) < 4.78 is 0. The van der Waals surface area contributed by atoms with E-state index >= 15 is 0 Å². The number of amides is 1. The molecular formula is C16H16ClNO3S. The number of halogens is 1. The van der Waals surface area contributed by atoms with Crippen molar-refractivity contribution in [3.63, 3.8) is 0 Å². The number of thiophene rings is 1. The number of rotatable bonds is 7. The van der Waals surface area contributed by atoms with Gasteiger partial charge in [-0.25, -0.2) is 0 Å². The Balaban J connectivity index is 1.79. The van der Waals surface area contributed by atoms with Gasteiger partial charge in [0.15, 0.2) is 0 Å². The molecule has 0 saturated heterocycles. The molecule has 1 aromatic carbocycles. The minimum absolute atomic E-state index is 0.0530. The number of nitrogens with one attached hydrogen (secondary N) is 1. The standard InChI is InChI=1S/C16H16ClNO3S/c17-12-9-14(22-10-12)6-7-15(19)18-13-4-1-11(2-5-13)3-8-16(20)21/h1-2,4-5,9-10H,3,6-8H2,(H,18,19)(H,20,21). The van der Waals surface area contributed by atoms with E-state index in [2.05, 4.69) is 5.32 Å². The maximum Gasteiger partial charge on any atom is 0.303 e. The van der Waals surface area contributed by atoms with Crippen LogP contribution in [0.25, 0.3) is 0 Å². The Morgan fingerprint density at radius 2 is 1.86 bits per heavy atom. The molecule has 0 bridgehead atoms. The Bertz CT molecular complexity index is 652. The Morgan fingerprint density at radius 3 is 2.45 bits per heavy atom. The lowest BCUT2D eigenvalue weighted by Gasteiger charge is -2.06. The quantitative estimate of drug-likeness (QED) is 0.802. The molecule has 1 amide bonds. The number of hydrogen-bond donors (Lipinski definition) is 2. The second-order valence-corrected chi connectivity index (χ2v) is 6.30. The van der Waals surface area contributed by atoms with Gasteiger partial charge >= 0.3 is 5.97 Å². The van der Waals surface area contributed by atoms with Crippen LogP contribution in [0.5, 0.6) is 0 Å². The zero-order valence-corrected chi connectivity index (χ0v) is 13.4. The van der Waals surface area contributed by atoms with Crippen LogP contribution in [0.15, 0.2) is 35.7 Å². The molecule has 1 aromatic heterocycles. The van der Waals surface area contributed by atoms with Crippen molar-refractivity contribution in [3.8, 4) is 0 Å². The second kappa shape index (κ2) is 7.96. The fraction of sp³-hybridized carbons (Fsp3) is 0.250. The molecule has 0 unspecified atom stereocenters. The summed E-state index contributed by atoms with van der Waals surface area (Å²) in [4.78, 5) is 23.5. The molecule has 2 aromatic rings. The molecule has 0 atom stereocenters. The number of carbonyl (C=O) groups is 2. The van der Waals surface area contributed by atoms with Gasteiger partial charge in [-0.3, -0.25) is 9.59 Å². The highest BCUT2D eigenvalue weighted by Crippen LogP contribution is 2.20. The number of carboxylic acids is 1. The lowest BCUT2D eigenvalue weighted by atomic mass is 10.1. The first-order valence-electron chi connectivity index (χ1n) is 6.86. The number of anilines is 1. The van der Waals surface area contributed by atoms with Gasteiger partial charge in [-0.15, -0.1) is 11.3 Å². The second-order valence-electron chi connectivity index (χ2n) is 4.87. The topological polar surface area (TPSA) is 66.4 Å². The third kappa shape index (κ3) is 5.50. The van der Waals surface area contributed by atoms with Crippen molar-refractivity contribution in [3.05, 3.63) is 51.2 Å². The van der Waals surface area contributed by atoms with Gasteiger partial charge < -0.3 is 10.4 Å². The highest BCUT2D eigenvalue weighted by Gasteiger charge is 2.05. The predicted octanol–water partition coefficient (Wildman–Crippen LogP) is 3.99. The monoisotopic (exact) mass is 337 g/mol. The average molecular weight is 338 g/mol. The first-order valence-corrected chi connectivity index (χ1v) is 8.12. The molecule has 116 valence electrons. The summed E-state index contributed by atoms with van der Waals surface area (Å²) in [5.41, 5.74) is 1.65. The molecule has 0 aliphatic rings. The van der Waals surface area contributed by atoms with E-state index in [1.807, 2.05) is 23.6 Å². The number of aliphatic carboxylic acids is 1. The van der Waals surface area contributed by atoms with Crippen LogP contribution in [0.4, 0.5) is 5.69 Å². The van der Waals surface area contributed by atoms with Gasteiger partial charge in [-0.05, 0) is 36.6 Å². The first-order chi connectivity index (χ1) is 10.5. The van der Waals surface area contributed by atoms with E-state index in [-0.39, 0.29) is 12.3 Å². The SMILES string of the molecule is O=C(O)CCc1ccc(NC(=O)CCc2cc(Cl)cs2)cc1. The van der Waals surface area contributed by atoms with E-state index in [1.165, 1.54) is 0 Å². The summed E-state index contributed by atoms with van der Waals surface area (Å²) in [6, 6.07) is 9.11. The number of benzene rings is 1. The normalized spacial score (nSPS) is 10.4. The van der Waals surface area contributed by atoms with Crippen molar-refractivity contribution in [2.24, 2.45) is 0 Å². The van der Waals surface area contributed by atoms with Crippen LogP contribution >= 0.6 is 22.9 Å². The number of carboxylic acid groups (broad SMARTS) is 1. The molecule has 22 heavy (non-hydrogen) atoms. The molecule has 0 radical (unpaired) electrons. The van der Waals surface area contributed by atoms with Crippen LogP contribution < -0.4 is 5.32 Å². The zero-order valence-electron chi connectivity index (χ0n) is 11.8. The van der Waals surface area contributed by atoms with Crippen LogP contribution in [-0.4, -0.2) is 17.0 Å². The lowest BCUT2D eigenvalue weighted by Crippen LogP contribution is -2.12. The highest BCUT2D eigenvalue weighted by molar-refractivity contribution is 7.10. The lowest BCUT2D eigenvalue weighted by molar-refractivity contribution is -0.137. The fourth-order valence-corrected chi connectivity index (χ4v) is 3.03. The van der Waals surface area contributed by atoms with E-state index in [1.54, 1.807) is 23.5 Å². The van der Waals surface area contributed by atoms with E-state index in [9.17, 15) is 9.59 Å². The van der Waals surface area contributed by atoms with E-state index in [4.69, 9.17) is 16.7 Å². The van der Waals surface area contributed by atoms with Crippen LogP contribution in [0.2, 0.25) is 5.02 Å². The van der Waals surface area contributed by atoms with Crippen molar-refractivity contribution in [2.45, 2.75) is 25.7 Å². The Morgan fingerprint density at radius 1 is 1.14 bits per heavy atom. The zero-order chi connectivity index (χ0) is 15.9. The van der Waals surface area contributed by atoms with Crippen molar-refractivity contribution in [1.29, 1.82) is 0 Å². The van der Waals surface area contributed by atoms with E-state index in [0.29, 0.717) is 30.0 Å². The van der Waals surface area contributed by atoms with Gasteiger partial charge in [-0.1, -0.05) is 23.7 Å². The molecule has 0 aliphatic heterocycles. The van der Waals surface area contributed by atoms with Gasteiger partial charge in [0.25, 0.3) is 0 Å². The molecule has 4 nitrogen and oxygen atoms in total. The van der Waals surface area contributed by atoms with E-state index < -0.39 is 5.97 Å². The molecule has 0 fully saturated rings. The summed E-state index contributed by atoms with van der Waals surface area (Å²) in [6.45, 7) is 0. The summed E-state index contributed by atoms with van der Waals surface area (Å²) in [5.74, 6) is -0.867. The molecule has 0 aliphatic carbocycles. The van der Waals surface area contributed by atoms with Crippen LogP contribution in [0, 0.1) is 0 Å². The maximum absolute atomic E-state index is 11.9. The average Bonchev–Trinajstić information content (AvgIpc) is 2.90. The summed E-state index contributed by atoms with van der Waals surface area (Å²) in [6.07, 6.45) is 1.66. The van der Waals surface area contributed by atoms with Crippen LogP contribution in [0.1, 0.15) is 23.3 Å². The number of hydrogen-bond acceptors (Lipinski definition) is 3. The Labute approximate surface area is 137 Å². The summed E-state index contributed by atoms with van der Waals surface area (Å²) in [5, 5.41) is 14.0. The molecule has 0 saturated carbocycles. The van der Waals surface area contributed by atoms with Gasteiger partial charge in [0.05, 0.1) is 5.02 Å². The van der Waals surface area contributed by atoms with Crippen LogP contribution in [0.3, 0.4) is 0 Å². The van der Waals surface area contributed by atoms with Gasteiger partial charge in [0.1, 0.15) is 0 Å². The van der Waals surface area contributed by atoms with Gasteiger partial charge in [-0.2, -0.15) is 0 Å². The third-order valence-corrected chi connectivity index (χ3v) is 4.43. The maximum atomic E-state index is 11.9. The Hall–Kier alpha value is -1.85. The number of aryl methyl sites for hydroxylation is 2. The molecule has 6 heteroatoms. The summed E-state index contributed by atoms with van der Waals surface area (Å²) >= 11 is 7.39. The predicted molar refractivity (Wildman–Crippen MR) is 88.7 cm³/mol. The van der Waals surface area contributed by atoms with Gasteiger partial charge in [0.2, 0.25) is 5.91 Å². The third-order valence-electron chi connectivity index (χ3n) is 3.09. The van der Waals surface area contributed by atoms with Gasteiger partial charge in [0, 0.05) is 28.8 Å². The molecule has 1 heterocycles. The van der Waals surface area contributed by atoms with Crippen molar-refractivity contribution < 1.29 is 14.7 Å². The first kappa shape index (κ1) is 16.5. The fourth-order valence-electron chi connectivity index (χ4n) is 1.95. The molecular weight excluding hydrogens is 322 g/mol. The largest absolute Gasteiger partial charge is 0.481 e. The number of carbonyl (C=O) groups excluding carboxylic acids is 1.